The molecular formula is C14H24O4. The molecule has 1 aliphatic heterocycles. The van der Waals surface area contributed by atoms with E-state index in [0.717, 1.165) is 38.5 Å². The number of hydrogen-bond donors (Lipinski definition) is 0. The van der Waals surface area contributed by atoms with E-state index in [4.69, 9.17) is 14.2 Å². The molecule has 4 heteroatoms. The van der Waals surface area contributed by atoms with E-state index in [2.05, 4.69) is 6.92 Å². The molecule has 0 amide bonds. The van der Waals surface area contributed by atoms with Crippen molar-refractivity contribution in [2.24, 2.45) is 5.92 Å². The Labute approximate surface area is 109 Å². The molecule has 1 heterocycles. The van der Waals surface area contributed by atoms with Crippen LogP contribution in [-0.2, 0) is 19.0 Å². The van der Waals surface area contributed by atoms with Crippen molar-refractivity contribution < 1.29 is 19.0 Å². The number of rotatable bonds is 4. The van der Waals surface area contributed by atoms with Crippen LogP contribution in [0.15, 0.2) is 0 Å². The third kappa shape index (κ3) is 3.69. The third-order valence-electron chi connectivity index (χ3n) is 4.05. The van der Waals surface area contributed by atoms with Gasteiger partial charge in [0.25, 0.3) is 0 Å². The molecule has 18 heavy (non-hydrogen) atoms. The Bertz CT molecular complexity index is 271. The maximum atomic E-state index is 11.4. The van der Waals surface area contributed by atoms with Crippen molar-refractivity contribution in [3.05, 3.63) is 0 Å². The van der Waals surface area contributed by atoms with E-state index in [9.17, 15) is 4.79 Å². The van der Waals surface area contributed by atoms with Crippen LogP contribution in [0.1, 0.15) is 45.4 Å². The van der Waals surface area contributed by atoms with Gasteiger partial charge in [-0.15, -0.1) is 0 Å². The first-order chi connectivity index (χ1) is 8.69. The Morgan fingerprint density at radius 2 is 1.89 bits per heavy atom. The summed E-state index contributed by atoms with van der Waals surface area (Å²) in [4.78, 5) is 11.4. The van der Waals surface area contributed by atoms with E-state index < -0.39 is 0 Å². The molecular weight excluding hydrogens is 232 g/mol. The SMILES string of the molecule is COC(=O)C1CCC(OCC2CCC(C)O2)CC1. The number of esters is 1. The molecule has 4 nitrogen and oxygen atoms in total. The van der Waals surface area contributed by atoms with Gasteiger partial charge in [0, 0.05) is 0 Å². The minimum atomic E-state index is -0.0681. The standard InChI is InChI=1S/C14H24O4/c1-10-3-6-13(18-10)9-17-12-7-4-11(5-8-12)14(15)16-2/h10-13H,3-9H2,1-2H3. The fourth-order valence-electron chi connectivity index (χ4n) is 2.88. The highest BCUT2D eigenvalue weighted by Crippen LogP contribution is 2.28. The average Bonchev–Trinajstić information content (AvgIpc) is 2.82. The summed E-state index contributed by atoms with van der Waals surface area (Å²) >= 11 is 0. The van der Waals surface area contributed by atoms with Gasteiger partial charge in [-0.05, 0) is 45.4 Å². The predicted octanol–water partition coefficient (Wildman–Crippen LogP) is 2.30. The lowest BCUT2D eigenvalue weighted by atomic mass is 9.87. The van der Waals surface area contributed by atoms with E-state index in [1.807, 2.05) is 0 Å². The van der Waals surface area contributed by atoms with E-state index in [1.165, 1.54) is 7.11 Å². The summed E-state index contributed by atoms with van der Waals surface area (Å²) in [5.41, 5.74) is 0. The van der Waals surface area contributed by atoms with Gasteiger partial charge in [-0.25, -0.2) is 0 Å². The molecule has 0 spiro atoms. The molecule has 0 aromatic carbocycles. The van der Waals surface area contributed by atoms with Crippen LogP contribution >= 0.6 is 0 Å². The number of ether oxygens (including phenoxy) is 3. The predicted molar refractivity (Wildman–Crippen MR) is 67.3 cm³/mol. The lowest BCUT2D eigenvalue weighted by molar-refractivity contribution is -0.147. The van der Waals surface area contributed by atoms with E-state index in [-0.39, 0.29) is 18.0 Å². The zero-order chi connectivity index (χ0) is 13.0. The minimum absolute atomic E-state index is 0.0681. The van der Waals surface area contributed by atoms with Crippen LogP contribution in [0.4, 0.5) is 0 Å². The normalized spacial score (nSPS) is 36.6. The van der Waals surface area contributed by atoms with Crippen molar-refractivity contribution in [3.63, 3.8) is 0 Å². The van der Waals surface area contributed by atoms with Crippen molar-refractivity contribution in [2.75, 3.05) is 13.7 Å². The Kier molecular flexibility index (Phi) is 5.01. The molecule has 2 fully saturated rings. The summed E-state index contributed by atoms with van der Waals surface area (Å²) in [6.07, 6.45) is 6.90. The quantitative estimate of drug-likeness (QED) is 0.724. The van der Waals surface area contributed by atoms with Crippen molar-refractivity contribution in [2.45, 2.75) is 63.8 Å². The Balaban J connectivity index is 1.63. The van der Waals surface area contributed by atoms with Crippen LogP contribution in [0.5, 0.6) is 0 Å². The molecule has 1 aliphatic carbocycles. The summed E-state index contributed by atoms with van der Waals surface area (Å²) in [5, 5.41) is 0. The molecule has 104 valence electrons. The highest BCUT2D eigenvalue weighted by Gasteiger charge is 2.28. The second-order valence-electron chi connectivity index (χ2n) is 5.48. The van der Waals surface area contributed by atoms with Crippen LogP contribution in [0.2, 0.25) is 0 Å². The van der Waals surface area contributed by atoms with Gasteiger partial charge in [0.1, 0.15) is 0 Å². The number of carbonyl (C=O) groups excluding carboxylic acids is 1. The molecule has 2 atom stereocenters. The Morgan fingerprint density at radius 1 is 1.17 bits per heavy atom. The molecule has 0 aromatic heterocycles. The van der Waals surface area contributed by atoms with Gasteiger partial charge in [-0.3, -0.25) is 4.79 Å². The summed E-state index contributed by atoms with van der Waals surface area (Å²) in [6.45, 7) is 2.82. The molecule has 0 radical (unpaired) electrons. The van der Waals surface area contributed by atoms with Crippen LogP contribution in [-0.4, -0.2) is 38.0 Å². The Hall–Kier alpha value is -0.610. The molecule has 2 rings (SSSR count). The van der Waals surface area contributed by atoms with Crippen LogP contribution < -0.4 is 0 Å². The smallest absolute Gasteiger partial charge is 0.308 e. The zero-order valence-corrected chi connectivity index (χ0v) is 11.4. The van der Waals surface area contributed by atoms with Crippen LogP contribution in [0.3, 0.4) is 0 Å². The number of hydrogen-bond acceptors (Lipinski definition) is 4. The molecule has 1 saturated heterocycles. The highest BCUT2D eigenvalue weighted by molar-refractivity contribution is 5.72. The minimum Gasteiger partial charge on any atom is -0.469 e. The van der Waals surface area contributed by atoms with Crippen molar-refractivity contribution in [3.8, 4) is 0 Å². The van der Waals surface area contributed by atoms with Crippen molar-refractivity contribution >= 4 is 5.97 Å². The van der Waals surface area contributed by atoms with Crippen molar-refractivity contribution in [1.29, 1.82) is 0 Å². The monoisotopic (exact) mass is 256 g/mol. The molecule has 2 aliphatic rings. The highest BCUT2D eigenvalue weighted by atomic mass is 16.5. The maximum Gasteiger partial charge on any atom is 0.308 e. The lowest BCUT2D eigenvalue weighted by Gasteiger charge is -2.27. The van der Waals surface area contributed by atoms with Crippen molar-refractivity contribution in [1.82, 2.24) is 0 Å². The number of methoxy groups -OCH3 is 1. The fourth-order valence-corrected chi connectivity index (χ4v) is 2.88. The second kappa shape index (κ2) is 6.53. The van der Waals surface area contributed by atoms with Gasteiger partial charge >= 0.3 is 5.97 Å². The summed E-state index contributed by atoms with van der Waals surface area (Å²) < 4.78 is 16.4. The molecule has 0 aromatic rings. The largest absolute Gasteiger partial charge is 0.469 e. The van der Waals surface area contributed by atoms with Gasteiger partial charge < -0.3 is 14.2 Å². The van der Waals surface area contributed by atoms with E-state index >= 15 is 0 Å². The van der Waals surface area contributed by atoms with Crippen LogP contribution in [0, 0.1) is 5.92 Å². The molecule has 0 N–H and O–H groups in total. The van der Waals surface area contributed by atoms with Crippen LogP contribution in [0.25, 0.3) is 0 Å². The topological polar surface area (TPSA) is 44.8 Å². The molecule has 2 unspecified atom stereocenters. The average molecular weight is 256 g/mol. The van der Waals surface area contributed by atoms with Gasteiger partial charge in [0.2, 0.25) is 0 Å². The Morgan fingerprint density at radius 3 is 2.44 bits per heavy atom. The first-order valence-electron chi connectivity index (χ1n) is 7.04. The van der Waals surface area contributed by atoms with E-state index in [0.29, 0.717) is 18.8 Å². The number of carbonyl (C=O) groups is 1. The summed E-state index contributed by atoms with van der Waals surface area (Å²) in [5.74, 6) is 0.0130. The zero-order valence-electron chi connectivity index (χ0n) is 11.4. The van der Waals surface area contributed by atoms with Gasteiger partial charge in [-0.1, -0.05) is 0 Å². The maximum absolute atomic E-state index is 11.4. The first kappa shape index (κ1) is 13.8. The fraction of sp³-hybridized carbons (Fsp3) is 0.929. The van der Waals surface area contributed by atoms with Gasteiger partial charge in [0.05, 0.1) is 37.9 Å². The van der Waals surface area contributed by atoms with E-state index in [1.54, 1.807) is 0 Å². The summed E-state index contributed by atoms with van der Waals surface area (Å²) in [6, 6.07) is 0. The first-order valence-corrected chi connectivity index (χ1v) is 7.04. The van der Waals surface area contributed by atoms with Gasteiger partial charge in [0.15, 0.2) is 0 Å². The third-order valence-corrected chi connectivity index (χ3v) is 4.05. The molecule has 1 saturated carbocycles. The summed E-state index contributed by atoms with van der Waals surface area (Å²) in [7, 11) is 1.46. The van der Waals surface area contributed by atoms with Gasteiger partial charge in [-0.2, -0.15) is 0 Å². The lowest BCUT2D eigenvalue weighted by Crippen LogP contribution is -2.29. The second-order valence-corrected chi connectivity index (χ2v) is 5.48. The molecule has 0 bridgehead atoms.